The first-order valence-electron chi connectivity index (χ1n) is 6.53. The molecule has 0 spiro atoms. The lowest BCUT2D eigenvalue weighted by atomic mass is 10.1. The van der Waals surface area contributed by atoms with Crippen LogP contribution in [-0.4, -0.2) is 28.8 Å². The predicted octanol–water partition coefficient (Wildman–Crippen LogP) is 1.88. The molecule has 1 aromatic carbocycles. The van der Waals surface area contributed by atoms with Crippen molar-refractivity contribution in [3.05, 3.63) is 63.3 Å². The van der Waals surface area contributed by atoms with Crippen molar-refractivity contribution in [1.82, 2.24) is 10.3 Å². The van der Waals surface area contributed by atoms with E-state index in [1.54, 1.807) is 12.1 Å². The van der Waals surface area contributed by atoms with Crippen molar-refractivity contribution in [3.63, 3.8) is 0 Å². The number of hydrogen-bond donors (Lipinski definition) is 1. The Morgan fingerprint density at radius 1 is 1.22 bits per heavy atom. The van der Waals surface area contributed by atoms with Gasteiger partial charge in [-0.15, -0.1) is 0 Å². The summed E-state index contributed by atoms with van der Waals surface area (Å²) in [7, 11) is 1.50. The van der Waals surface area contributed by atoms with Crippen LogP contribution in [0.15, 0.2) is 36.5 Å². The molecule has 0 radical (unpaired) electrons. The third-order valence-electron chi connectivity index (χ3n) is 3.11. The molecule has 2 rings (SSSR count). The van der Waals surface area contributed by atoms with E-state index >= 15 is 0 Å². The molecular formula is C15H13N3O5. The van der Waals surface area contributed by atoms with E-state index in [1.165, 1.54) is 32.2 Å². The molecule has 0 unspecified atom stereocenters. The molecule has 2 aromatic rings. The molecule has 0 atom stereocenters. The Balaban J connectivity index is 2.14. The van der Waals surface area contributed by atoms with Crippen LogP contribution < -0.4 is 10.1 Å². The van der Waals surface area contributed by atoms with E-state index in [4.69, 9.17) is 4.74 Å². The highest BCUT2D eigenvalue weighted by Gasteiger charge is 2.18. The van der Waals surface area contributed by atoms with Crippen LogP contribution in [0.1, 0.15) is 26.3 Å². The van der Waals surface area contributed by atoms with E-state index in [2.05, 4.69) is 10.3 Å². The number of hydrogen-bond acceptors (Lipinski definition) is 6. The van der Waals surface area contributed by atoms with Crippen LogP contribution in [0.25, 0.3) is 0 Å². The standard InChI is InChI=1S/C15H13N3O5/c1-9-7-13(18(21)22)16-8-12(9)15(20)17-14(19)10-3-5-11(23-2)6-4-10/h3-8H,1-2H3,(H,17,19,20). The molecule has 23 heavy (non-hydrogen) atoms. The number of nitrogens with zero attached hydrogens (tertiary/aromatic N) is 2. The highest BCUT2D eigenvalue weighted by Crippen LogP contribution is 2.14. The van der Waals surface area contributed by atoms with E-state index in [0.29, 0.717) is 11.3 Å². The molecule has 0 aliphatic carbocycles. The lowest BCUT2D eigenvalue weighted by Crippen LogP contribution is -2.31. The molecule has 0 saturated carbocycles. The molecule has 0 fully saturated rings. The van der Waals surface area contributed by atoms with E-state index < -0.39 is 16.7 Å². The number of imide groups is 1. The van der Waals surface area contributed by atoms with E-state index in [1.807, 2.05) is 0 Å². The maximum Gasteiger partial charge on any atom is 0.363 e. The van der Waals surface area contributed by atoms with Crippen molar-refractivity contribution in [2.24, 2.45) is 0 Å². The first-order valence-corrected chi connectivity index (χ1v) is 6.53. The summed E-state index contributed by atoms with van der Waals surface area (Å²) in [6.07, 6.45) is 1.07. The highest BCUT2D eigenvalue weighted by molar-refractivity contribution is 6.10. The zero-order valence-electron chi connectivity index (χ0n) is 12.4. The van der Waals surface area contributed by atoms with Gasteiger partial charge in [0.2, 0.25) is 0 Å². The van der Waals surface area contributed by atoms with Gasteiger partial charge in [0.1, 0.15) is 5.75 Å². The second-order valence-electron chi connectivity index (χ2n) is 4.63. The molecular weight excluding hydrogens is 302 g/mol. The number of benzene rings is 1. The number of methoxy groups -OCH3 is 1. The number of pyridine rings is 1. The van der Waals surface area contributed by atoms with Crippen molar-refractivity contribution in [1.29, 1.82) is 0 Å². The fourth-order valence-electron chi connectivity index (χ4n) is 1.86. The van der Waals surface area contributed by atoms with Crippen LogP contribution in [0.2, 0.25) is 0 Å². The number of nitrogens with one attached hydrogen (secondary N) is 1. The van der Waals surface area contributed by atoms with Crippen LogP contribution in [0.5, 0.6) is 5.75 Å². The average Bonchev–Trinajstić information content (AvgIpc) is 2.54. The third-order valence-corrected chi connectivity index (χ3v) is 3.11. The molecule has 0 aliphatic rings. The molecule has 2 amide bonds. The Bertz CT molecular complexity index is 771. The Kier molecular flexibility index (Phi) is 4.65. The Hall–Kier alpha value is -3.29. The summed E-state index contributed by atoms with van der Waals surface area (Å²) in [6, 6.07) is 7.40. The van der Waals surface area contributed by atoms with Crippen molar-refractivity contribution >= 4 is 17.6 Å². The molecule has 8 heteroatoms. The molecule has 0 saturated heterocycles. The summed E-state index contributed by atoms with van der Waals surface area (Å²) < 4.78 is 4.98. The van der Waals surface area contributed by atoms with E-state index in [9.17, 15) is 19.7 Å². The first-order chi connectivity index (χ1) is 10.9. The van der Waals surface area contributed by atoms with Crippen LogP contribution in [-0.2, 0) is 0 Å². The van der Waals surface area contributed by atoms with Crippen molar-refractivity contribution in [3.8, 4) is 5.75 Å². The Morgan fingerprint density at radius 2 is 1.87 bits per heavy atom. The minimum absolute atomic E-state index is 0.0949. The molecule has 1 N–H and O–H groups in total. The Morgan fingerprint density at radius 3 is 2.39 bits per heavy atom. The van der Waals surface area contributed by atoms with E-state index in [-0.39, 0.29) is 16.9 Å². The second-order valence-corrected chi connectivity index (χ2v) is 4.63. The van der Waals surface area contributed by atoms with Gasteiger partial charge in [0.25, 0.3) is 11.8 Å². The summed E-state index contributed by atoms with van der Waals surface area (Å²) in [5.74, 6) is -1.04. The number of aryl methyl sites for hydroxylation is 1. The van der Waals surface area contributed by atoms with Gasteiger partial charge < -0.3 is 14.9 Å². The maximum absolute atomic E-state index is 12.1. The molecule has 8 nitrogen and oxygen atoms in total. The molecule has 1 aromatic heterocycles. The maximum atomic E-state index is 12.1. The van der Waals surface area contributed by atoms with Gasteiger partial charge in [-0.2, -0.15) is 0 Å². The zero-order valence-corrected chi connectivity index (χ0v) is 12.4. The number of nitro groups is 1. The minimum atomic E-state index is -0.675. The molecule has 118 valence electrons. The molecule has 0 bridgehead atoms. The average molecular weight is 315 g/mol. The predicted molar refractivity (Wildman–Crippen MR) is 80.4 cm³/mol. The Labute approximate surface area is 131 Å². The summed E-state index contributed by atoms with van der Waals surface area (Å²) >= 11 is 0. The number of carbonyl (C=O) groups is 2. The van der Waals surface area contributed by atoms with Gasteiger partial charge >= 0.3 is 5.82 Å². The SMILES string of the molecule is COc1ccc(C(=O)NC(=O)c2cnc([N+](=O)[O-])cc2C)cc1. The van der Waals surface area contributed by atoms with Gasteiger partial charge in [0, 0.05) is 11.6 Å². The van der Waals surface area contributed by atoms with E-state index in [0.717, 1.165) is 6.20 Å². The van der Waals surface area contributed by atoms with Gasteiger partial charge in [0.05, 0.1) is 12.7 Å². The smallest absolute Gasteiger partial charge is 0.363 e. The van der Waals surface area contributed by atoms with Crippen molar-refractivity contribution < 1.29 is 19.2 Å². The quantitative estimate of drug-likeness (QED) is 0.524. The lowest BCUT2D eigenvalue weighted by Gasteiger charge is -2.06. The monoisotopic (exact) mass is 315 g/mol. The van der Waals surface area contributed by atoms with Gasteiger partial charge in [-0.25, -0.2) is 0 Å². The topological polar surface area (TPSA) is 111 Å². The number of aromatic nitrogens is 1. The van der Waals surface area contributed by atoms with Crippen molar-refractivity contribution in [2.75, 3.05) is 7.11 Å². The van der Waals surface area contributed by atoms with Gasteiger partial charge in [0.15, 0.2) is 6.20 Å². The normalized spacial score (nSPS) is 10.0. The lowest BCUT2D eigenvalue weighted by molar-refractivity contribution is -0.389. The largest absolute Gasteiger partial charge is 0.497 e. The fourth-order valence-corrected chi connectivity index (χ4v) is 1.86. The summed E-state index contributed by atoms with van der Waals surface area (Å²) in [5.41, 5.74) is 0.732. The second kappa shape index (κ2) is 6.65. The van der Waals surface area contributed by atoms with Crippen LogP contribution in [0.3, 0.4) is 0 Å². The number of rotatable bonds is 4. The summed E-state index contributed by atoms with van der Waals surface area (Å²) in [6.45, 7) is 1.53. The molecule has 0 aliphatic heterocycles. The van der Waals surface area contributed by atoms with Crippen LogP contribution >= 0.6 is 0 Å². The van der Waals surface area contributed by atoms with Crippen LogP contribution in [0.4, 0.5) is 5.82 Å². The fraction of sp³-hybridized carbons (Fsp3) is 0.133. The van der Waals surface area contributed by atoms with Crippen molar-refractivity contribution in [2.45, 2.75) is 6.92 Å². The minimum Gasteiger partial charge on any atom is -0.497 e. The highest BCUT2D eigenvalue weighted by atomic mass is 16.6. The van der Waals surface area contributed by atoms with Crippen LogP contribution in [0, 0.1) is 17.0 Å². The van der Waals surface area contributed by atoms with Gasteiger partial charge in [-0.1, -0.05) is 0 Å². The number of ether oxygens (including phenoxy) is 1. The first kappa shape index (κ1) is 16.1. The van der Waals surface area contributed by atoms with Gasteiger partial charge in [-0.3, -0.25) is 14.9 Å². The third kappa shape index (κ3) is 3.67. The number of amides is 2. The molecule has 1 heterocycles. The summed E-state index contributed by atoms with van der Waals surface area (Å²) in [4.78, 5) is 37.6. The summed E-state index contributed by atoms with van der Waals surface area (Å²) in [5, 5.41) is 12.8. The zero-order chi connectivity index (χ0) is 17.0. The van der Waals surface area contributed by atoms with Gasteiger partial charge in [-0.05, 0) is 46.7 Å². The number of carbonyl (C=O) groups excluding carboxylic acids is 2.